The molecule has 0 aliphatic carbocycles. The van der Waals surface area contributed by atoms with Gasteiger partial charge in [0.1, 0.15) is 5.76 Å². The smallest absolute Gasteiger partial charge is 0.210 e. The van der Waals surface area contributed by atoms with Crippen molar-refractivity contribution in [1.82, 2.24) is 0 Å². The average Bonchev–Trinajstić information content (AvgIpc) is 2.88. The van der Waals surface area contributed by atoms with Crippen molar-refractivity contribution in [3.05, 3.63) is 28.5 Å². The molecule has 0 bridgehead atoms. The van der Waals surface area contributed by atoms with Crippen LogP contribution >= 0.6 is 11.3 Å². The predicted molar refractivity (Wildman–Crippen MR) is 56.2 cm³/mol. The van der Waals surface area contributed by atoms with E-state index in [1.807, 2.05) is 17.5 Å². The molecule has 1 fully saturated rings. The first-order valence-electron chi connectivity index (χ1n) is 4.92. The minimum atomic E-state index is -0.361. The molecule has 1 aromatic heterocycles. The molecule has 0 spiro atoms. The van der Waals surface area contributed by atoms with Crippen LogP contribution in [0.4, 0.5) is 0 Å². The number of thiophene rings is 1. The number of fused-ring (bicyclic) bond motifs is 1. The lowest BCUT2D eigenvalue weighted by Crippen LogP contribution is -2.29. The molecule has 0 N–H and O–H groups in total. The van der Waals surface area contributed by atoms with Crippen LogP contribution in [0, 0.1) is 5.92 Å². The Balaban J connectivity index is 1.93. The maximum Gasteiger partial charge on any atom is 0.210 e. The minimum absolute atomic E-state index is 0.0892. The molecule has 0 amide bonds. The van der Waals surface area contributed by atoms with Crippen LogP contribution in [0.3, 0.4) is 0 Å². The number of ketones is 1. The number of hydrogen-bond donors (Lipinski definition) is 0. The zero-order chi connectivity index (χ0) is 10.3. The van der Waals surface area contributed by atoms with Crippen LogP contribution in [-0.2, 0) is 14.3 Å². The van der Waals surface area contributed by atoms with Gasteiger partial charge in [-0.05, 0) is 17.9 Å². The molecule has 0 unspecified atom stereocenters. The Morgan fingerprint density at radius 1 is 1.47 bits per heavy atom. The normalized spacial score (nSPS) is 29.6. The lowest BCUT2D eigenvalue weighted by Gasteiger charge is -2.23. The standard InChI is InChI=1S/C11H10O3S/c12-8-6-9(10-2-1-5-15-10)14-11-7(8)3-4-13-11/h1-2,5-7,11H,3-4H2/t7-,11-/m0/s1. The Hall–Kier alpha value is -1.13. The molecule has 0 saturated carbocycles. The Morgan fingerprint density at radius 2 is 2.40 bits per heavy atom. The molecule has 4 heteroatoms. The second-order valence-electron chi connectivity index (χ2n) is 3.64. The number of carbonyl (C=O) groups excluding carboxylic acids is 1. The molecule has 3 heterocycles. The van der Waals surface area contributed by atoms with Crippen molar-refractivity contribution in [3.8, 4) is 0 Å². The van der Waals surface area contributed by atoms with Crippen molar-refractivity contribution in [2.24, 2.45) is 5.92 Å². The van der Waals surface area contributed by atoms with Crippen LogP contribution in [-0.4, -0.2) is 18.7 Å². The topological polar surface area (TPSA) is 35.5 Å². The first-order valence-corrected chi connectivity index (χ1v) is 5.80. The Kier molecular flexibility index (Phi) is 2.11. The molecule has 0 radical (unpaired) electrons. The van der Waals surface area contributed by atoms with Gasteiger partial charge in [0.05, 0.1) is 17.4 Å². The van der Waals surface area contributed by atoms with Crippen molar-refractivity contribution >= 4 is 22.9 Å². The second kappa shape index (κ2) is 3.47. The van der Waals surface area contributed by atoms with Crippen molar-refractivity contribution in [2.45, 2.75) is 12.7 Å². The maximum atomic E-state index is 11.7. The van der Waals surface area contributed by atoms with Gasteiger partial charge in [0.15, 0.2) is 5.78 Å². The summed E-state index contributed by atoms with van der Waals surface area (Å²) in [6.07, 6.45) is 2.01. The van der Waals surface area contributed by atoms with E-state index in [-0.39, 0.29) is 18.0 Å². The fourth-order valence-corrected chi connectivity index (χ4v) is 2.58. The second-order valence-corrected chi connectivity index (χ2v) is 4.59. The molecule has 15 heavy (non-hydrogen) atoms. The fraction of sp³-hybridized carbons (Fsp3) is 0.364. The number of ether oxygens (including phenoxy) is 2. The third-order valence-corrected chi connectivity index (χ3v) is 3.57. The summed E-state index contributed by atoms with van der Waals surface area (Å²) in [6.45, 7) is 0.618. The van der Waals surface area contributed by atoms with Crippen molar-refractivity contribution in [3.63, 3.8) is 0 Å². The van der Waals surface area contributed by atoms with Gasteiger partial charge in [-0.3, -0.25) is 4.79 Å². The van der Waals surface area contributed by atoms with E-state index >= 15 is 0 Å². The highest BCUT2D eigenvalue weighted by Gasteiger charge is 2.38. The van der Waals surface area contributed by atoms with E-state index in [0.717, 1.165) is 11.3 Å². The van der Waals surface area contributed by atoms with Crippen LogP contribution in [0.25, 0.3) is 5.76 Å². The molecule has 1 saturated heterocycles. The Labute approximate surface area is 91.3 Å². The van der Waals surface area contributed by atoms with E-state index < -0.39 is 0 Å². The van der Waals surface area contributed by atoms with E-state index in [9.17, 15) is 4.79 Å². The number of hydrogen-bond acceptors (Lipinski definition) is 4. The van der Waals surface area contributed by atoms with Crippen molar-refractivity contribution in [2.75, 3.05) is 6.61 Å². The summed E-state index contributed by atoms with van der Waals surface area (Å²) in [5.74, 6) is 0.694. The maximum absolute atomic E-state index is 11.7. The molecule has 2 aliphatic heterocycles. The lowest BCUT2D eigenvalue weighted by atomic mass is 9.99. The van der Waals surface area contributed by atoms with Gasteiger partial charge in [-0.1, -0.05) is 6.07 Å². The van der Waals surface area contributed by atoms with Crippen LogP contribution in [0.2, 0.25) is 0 Å². The third kappa shape index (κ3) is 1.50. The first-order chi connectivity index (χ1) is 7.34. The molecule has 2 atom stereocenters. The predicted octanol–water partition coefficient (Wildman–Crippen LogP) is 2.05. The molecule has 78 valence electrons. The van der Waals surface area contributed by atoms with Crippen LogP contribution in [0.15, 0.2) is 23.6 Å². The van der Waals surface area contributed by atoms with Gasteiger partial charge in [-0.2, -0.15) is 0 Å². The fourth-order valence-electron chi connectivity index (χ4n) is 1.90. The highest BCUT2D eigenvalue weighted by atomic mass is 32.1. The number of carbonyl (C=O) groups is 1. The SMILES string of the molecule is O=C1C=C(c2cccs2)O[C@@H]2OCC[C@@H]12. The van der Waals surface area contributed by atoms with Crippen LogP contribution in [0.5, 0.6) is 0 Å². The van der Waals surface area contributed by atoms with Crippen LogP contribution in [0.1, 0.15) is 11.3 Å². The lowest BCUT2D eigenvalue weighted by molar-refractivity contribution is -0.133. The van der Waals surface area contributed by atoms with Gasteiger partial charge in [0.25, 0.3) is 0 Å². The quantitative estimate of drug-likeness (QED) is 0.729. The summed E-state index contributed by atoms with van der Waals surface area (Å²) in [4.78, 5) is 12.7. The molecule has 3 nitrogen and oxygen atoms in total. The van der Waals surface area contributed by atoms with Crippen LogP contribution < -0.4 is 0 Å². The van der Waals surface area contributed by atoms with Gasteiger partial charge < -0.3 is 9.47 Å². The zero-order valence-corrected chi connectivity index (χ0v) is 8.83. The monoisotopic (exact) mass is 222 g/mol. The highest BCUT2D eigenvalue weighted by molar-refractivity contribution is 7.11. The van der Waals surface area contributed by atoms with Gasteiger partial charge in [-0.15, -0.1) is 11.3 Å². The van der Waals surface area contributed by atoms with Gasteiger partial charge in [-0.25, -0.2) is 0 Å². The summed E-state index contributed by atoms with van der Waals surface area (Å²) in [6, 6.07) is 3.88. The Bertz CT molecular complexity index is 407. The van der Waals surface area contributed by atoms with E-state index in [1.165, 1.54) is 0 Å². The van der Waals surface area contributed by atoms with E-state index in [2.05, 4.69) is 0 Å². The summed E-state index contributed by atoms with van der Waals surface area (Å²) in [5.41, 5.74) is 0. The van der Waals surface area contributed by atoms with E-state index in [1.54, 1.807) is 17.4 Å². The molecular formula is C11H10O3S. The van der Waals surface area contributed by atoms with Gasteiger partial charge in [0.2, 0.25) is 6.29 Å². The van der Waals surface area contributed by atoms with E-state index in [4.69, 9.17) is 9.47 Å². The zero-order valence-electron chi connectivity index (χ0n) is 8.01. The van der Waals surface area contributed by atoms with Crippen molar-refractivity contribution in [1.29, 1.82) is 0 Å². The van der Waals surface area contributed by atoms with E-state index in [0.29, 0.717) is 12.4 Å². The summed E-state index contributed by atoms with van der Waals surface area (Å²) in [7, 11) is 0. The first kappa shape index (κ1) is 9.12. The summed E-state index contributed by atoms with van der Waals surface area (Å²) >= 11 is 1.56. The van der Waals surface area contributed by atoms with Crippen molar-refractivity contribution < 1.29 is 14.3 Å². The molecular weight excluding hydrogens is 212 g/mol. The number of rotatable bonds is 1. The molecule has 3 rings (SSSR count). The largest absolute Gasteiger partial charge is 0.463 e. The molecule has 1 aromatic rings. The highest BCUT2D eigenvalue weighted by Crippen LogP contribution is 2.34. The third-order valence-electron chi connectivity index (χ3n) is 2.69. The van der Waals surface area contributed by atoms with Gasteiger partial charge in [0, 0.05) is 6.08 Å². The summed E-state index contributed by atoms with van der Waals surface area (Å²) in [5, 5.41) is 1.96. The Morgan fingerprint density at radius 3 is 3.20 bits per heavy atom. The van der Waals surface area contributed by atoms with Gasteiger partial charge >= 0.3 is 0 Å². The number of allylic oxidation sites excluding steroid dienone is 1. The molecule has 0 aromatic carbocycles. The minimum Gasteiger partial charge on any atom is -0.463 e. The molecule has 2 aliphatic rings. The summed E-state index contributed by atoms with van der Waals surface area (Å²) < 4.78 is 11.0. The average molecular weight is 222 g/mol.